The van der Waals surface area contributed by atoms with Crippen molar-refractivity contribution in [3.05, 3.63) is 23.9 Å². The Morgan fingerprint density at radius 2 is 2.53 bits per heavy atom. The summed E-state index contributed by atoms with van der Waals surface area (Å²) in [4.78, 5) is 17.7. The number of rotatable bonds is 2. The smallest absolute Gasteiger partial charge is 0.323 e. The molecule has 1 saturated heterocycles. The van der Waals surface area contributed by atoms with Gasteiger partial charge in [-0.1, -0.05) is 0 Å². The van der Waals surface area contributed by atoms with E-state index in [9.17, 15) is 4.79 Å². The molecule has 0 radical (unpaired) electrons. The van der Waals surface area contributed by atoms with Crippen molar-refractivity contribution in [1.29, 1.82) is 0 Å². The standard InChI is InChI=1S/C12H17N3O2/c1-9-4-5-13-11(7-9)14-12(17)15-6-2-3-10(15)8-16/h4-5,7,10,16H,2-3,6,8H2,1H3,(H,13,14,17)/t10-/m1/s1. The van der Waals surface area contributed by atoms with Gasteiger partial charge in [-0.25, -0.2) is 9.78 Å². The molecule has 0 bridgehead atoms. The zero-order valence-electron chi connectivity index (χ0n) is 9.89. The molecule has 1 aromatic rings. The van der Waals surface area contributed by atoms with Crippen molar-refractivity contribution < 1.29 is 9.90 Å². The molecule has 2 rings (SSSR count). The summed E-state index contributed by atoms with van der Waals surface area (Å²) >= 11 is 0. The molecule has 5 heteroatoms. The monoisotopic (exact) mass is 235 g/mol. The Bertz CT molecular complexity index is 408. The first-order valence-corrected chi connectivity index (χ1v) is 5.82. The topological polar surface area (TPSA) is 65.5 Å². The van der Waals surface area contributed by atoms with Gasteiger partial charge in [-0.15, -0.1) is 0 Å². The largest absolute Gasteiger partial charge is 0.394 e. The molecule has 0 aromatic carbocycles. The molecule has 0 spiro atoms. The predicted molar refractivity (Wildman–Crippen MR) is 64.8 cm³/mol. The number of pyridine rings is 1. The third kappa shape index (κ3) is 2.74. The van der Waals surface area contributed by atoms with Crippen molar-refractivity contribution in [2.45, 2.75) is 25.8 Å². The number of anilines is 1. The molecule has 1 aromatic heterocycles. The lowest BCUT2D eigenvalue weighted by Crippen LogP contribution is -2.40. The van der Waals surface area contributed by atoms with E-state index in [1.165, 1.54) is 0 Å². The van der Waals surface area contributed by atoms with Gasteiger partial charge in [0, 0.05) is 12.7 Å². The number of carbonyl (C=O) groups is 1. The average molecular weight is 235 g/mol. The van der Waals surface area contributed by atoms with Gasteiger partial charge < -0.3 is 10.0 Å². The maximum absolute atomic E-state index is 12.0. The number of aliphatic hydroxyl groups excluding tert-OH is 1. The van der Waals surface area contributed by atoms with Crippen molar-refractivity contribution in [1.82, 2.24) is 9.88 Å². The SMILES string of the molecule is Cc1ccnc(NC(=O)N2CCC[C@@H]2CO)c1. The first kappa shape index (κ1) is 11.9. The molecular weight excluding hydrogens is 218 g/mol. The Balaban J connectivity index is 2.01. The first-order chi connectivity index (χ1) is 8.20. The number of likely N-dealkylation sites (tertiary alicyclic amines) is 1. The van der Waals surface area contributed by atoms with E-state index < -0.39 is 0 Å². The van der Waals surface area contributed by atoms with E-state index in [1.54, 1.807) is 11.1 Å². The van der Waals surface area contributed by atoms with E-state index in [2.05, 4.69) is 10.3 Å². The van der Waals surface area contributed by atoms with Crippen molar-refractivity contribution in [2.24, 2.45) is 0 Å². The van der Waals surface area contributed by atoms with Gasteiger partial charge in [-0.2, -0.15) is 0 Å². The number of nitrogens with zero attached hydrogens (tertiary/aromatic N) is 2. The molecule has 92 valence electrons. The number of amides is 2. The molecule has 1 aliphatic heterocycles. The lowest BCUT2D eigenvalue weighted by molar-refractivity contribution is 0.166. The van der Waals surface area contributed by atoms with Gasteiger partial charge >= 0.3 is 6.03 Å². The Morgan fingerprint density at radius 1 is 1.71 bits per heavy atom. The molecule has 1 aliphatic rings. The van der Waals surface area contributed by atoms with Crippen LogP contribution >= 0.6 is 0 Å². The van der Waals surface area contributed by atoms with E-state index in [0.29, 0.717) is 12.4 Å². The highest BCUT2D eigenvalue weighted by atomic mass is 16.3. The molecule has 17 heavy (non-hydrogen) atoms. The molecule has 1 fully saturated rings. The molecule has 5 nitrogen and oxygen atoms in total. The van der Waals surface area contributed by atoms with Crippen LogP contribution < -0.4 is 5.32 Å². The highest BCUT2D eigenvalue weighted by Gasteiger charge is 2.28. The van der Waals surface area contributed by atoms with Crippen LogP contribution in [0.25, 0.3) is 0 Å². The number of aryl methyl sites for hydroxylation is 1. The number of aliphatic hydroxyl groups is 1. The van der Waals surface area contributed by atoms with Crippen LogP contribution in [0.15, 0.2) is 18.3 Å². The zero-order chi connectivity index (χ0) is 12.3. The molecule has 0 aliphatic carbocycles. The molecular formula is C12H17N3O2. The Kier molecular flexibility index (Phi) is 3.58. The number of hydrogen-bond acceptors (Lipinski definition) is 3. The second kappa shape index (κ2) is 5.14. The Hall–Kier alpha value is -1.62. The lowest BCUT2D eigenvalue weighted by atomic mass is 10.2. The van der Waals surface area contributed by atoms with E-state index in [0.717, 1.165) is 18.4 Å². The van der Waals surface area contributed by atoms with Crippen LogP contribution in [0.4, 0.5) is 10.6 Å². The fraction of sp³-hybridized carbons (Fsp3) is 0.500. The summed E-state index contributed by atoms with van der Waals surface area (Å²) < 4.78 is 0. The van der Waals surface area contributed by atoms with Gasteiger partial charge in [0.1, 0.15) is 5.82 Å². The highest BCUT2D eigenvalue weighted by Crippen LogP contribution is 2.18. The van der Waals surface area contributed by atoms with Gasteiger partial charge in [-0.05, 0) is 37.5 Å². The van der Waals surface area contributed by atoms with E-state index in [4.69, 9.17) is 5.11 Å². The van der Waals surface area contributed by atoms with Crippen molar-refractivity contribution >= 4 is 11.8 Å². The van der Waals surface area contributed by atoms with Crippen LogP contribution in [0, 0.1) is 6.92 Å². The first-order valence-electron chi connectivity index (χ1n) is 5.82. The summed E-state index contributed by atoms with van der Waals surface area (Å²) in [6, 6.07) is 3.46. The minimum absolute atomic E-state index is 0.0225. The molecule has 0 unspecified atom stereocenters. The predicted octanol–water partition coefficient (Wildman–Crippen LogP) is 1.38. The Morgan fingerprint density at radius 3 is 3.24 bits per heavy atom. The molecule has 2 N–H and O–H groups in total. The minimum Gasteiger partial charge on any atom is -0.394 e. The number of aromatic nitrogens is 1. The van der Waals surface area contributed by atoms with Crippen molar-refractivity contribution in [2.75, 3.05) is 18.5 Å². The van der Waals surface area contributed by atoms with Crippen LogP contribution in [-0.2, 0) is 0 Å². The molecule has 0 saturated carbocycles. The summed E-state index contributed by atoms with van der Waals surface area (Å²) in [6.07, 6.45) is 3.48. The average Bonchev–Trinajstić information content (AvgIpc) is 2.77. The van der Waals surface area contributed by atoms with Gasteiger partial charge in [0.05, 0.1) is 12.6 Å². The van der Waals surface area contributed by atoms with E-state index >= 15 is 0 Å². The van der Waals surface area contributed by atoms with Crippen molar-refractivity contribution in [3.63, 3.8) is 0 Å². The molecule has 2 amide bonds. The van der Waals surface area contributed by atoms with Crippen LogP contribution in [0.1, 0.15) is 18.4 Å². The van der Waals surface area contributed by atoms with Gasteiger partial charge in [0.25, 0.3) is 0 Å². The number of carbonyl (C=O) groups excluding carboxylic acids is 1. The summed E-state index contributed by atoms with van der Waals surface area (Å²) in [7, 11) is 0. The summed E-state index contributed by atoms with van der Waals surface area (Å²) in [5.41, 5.74) is 1.05. The quantitative estimate of drug-likeness (QED) is 0.813. The second-order valence-electron chi connectivity index (χ2n) is 4.32. The fourth-order valence-electron chi connectivity index (χ4n) is 2.08. The zero-order valence-corrected chi connectivity index (χ0v) is 9.89. The number of nitrogens with one attached hydrogen (secondary N) is 1. The highest BCUT2D eigenvalue weighted by molar-refractivity contribution is 5.88. The number of hydrogen-bond donors (Lipinski definition) is 2. The summed E-state index contributed by atoms with van der Waals surface area (Å²) in [5, 5.41) is 11.9. The third-order valence-electron chi connectivity index (χ3n) is 3.00. The van der Waals surface area contributed by atoms with Crippen LogP contribution in [-0.4, -0.2) is 40.2 Å². The van der Waals surface area contributed by atoms with Gasteiger partial charge in [-0.3, -0.25) is 5.32 Å². The van der Waals surface area contributed by atoms with Crippen LogP contribution in [0.3, 0.4) is 0 Å². The van der Waals surface area contributed by atoms with Crippen LogP contribution in [0.5, 0.6) is 0 Å². The number of urea groups is 1. The van der Waals surface area contributed by atoms with Gasteiger partial charge in [0.2, 0.25) is 0 Å². The second-order valence-corrected chi connectivity index (χ2v) is 4.32. The van der Waals surface area contributed by atoms with Gasteiger partial charge in [0.15, 0.2) is 0 Å². The van der Waals surface area contributed by atoms with E-state index in [1.807, 2.05) is 19.1 Å². The maximum Gasteiger partial charge on any atom is 0.323 e. The van der Waals surface area contributed by atoms with Crippen LogP contribution in [0.2, 0.25) is 0 Å². The third-order valence-corrected chi connectivity index (χ3v) is 3.00. The fourth-order valence-corrected chi connectivity index (χ4v) is 2.08. The molecule has 1 atom stereocenters. The summed E-state index contributed by atoms with van der Waals surface area (Å²) in [6.45, 7) is 2.67. The van der Waals surface area contributed by atoms with Crippen molar-refractivity contribution in [3.8, 4) is 0 Å². The van der Waals surface area contributed by atoms with E-state index in [-0.39, 0.29) is 18.7 Å². The maximum atomic E-state index is 12.0. The summed E-state index contributed by atoms with van der Waals surface area (Å²) in [5.74, 6) is 0.554. The Labute approximate surface area is 100 Å². The molecule has 2 heterocycles. The normalized spacial score (nSPS) is 19.4. The lowest BCUT2D eigenvalue weighted by Gasteiger charge is -2.23. The minimum atomic E-state index is -0.181.